The molecule has 36 heavy (non-hydrogen) atoms. The zero-order valence-electron chi connectivity index (χ0n) is 20.8. The van der Waals surface area contributed by atoms with Crippen LogP contribution in [0.15, 0.2) is 48.3 Å². The number of piperidine rings is 1. The summed E-state index contributed by atoms with van der Waals surface area (Å²) in [5.41, 5.74) is 1.16. The lowest BCUT2D eigenvalue weighted by Gasteiger charge is -2.39. The van der Waals surface area contributed by atoms with E-state index in [1.807, 2.05) is 51.1 Å². The van der Waals surface area contributed by atoms with Gasteiger partial charge >= 0.3 is 12.1 Å². The Hall–Kier alpha value is -3.95. The molecule has 2 aliphatic heterocycles. The van der Waals surface area contributed by atoms with Crippen molar-refractivity contribution < 1.29 is 19.5 Å². The quantitative estimate of drug-likeness (QED) is 0.467. The predicted octanol–water partition coefficient (Wildman–Crippen LogP) is 3.56. The molecule has 2 saturated heterocycles. The van der Waals surface area contributed by atoms with Crippen molar-refractivity contribution >= 4 is 30.1 Å². The maximum absolute atomic E-state index is 12.5. The van der Waals surface area contributed by atoms with Crippen LogP contribution in [-0.2, 0) is 11.3 Å². The first-order valence-electron chi connectivity index (χ1n) is 12.1. The number of benzene rings is 1. The van der Waals surface area contributed by atoms with Gasteiger partial charge in [-0.2, -0.15) is 0 Å². The van der Waals surface area contributed by atoms with Crippen molar-refractivity contribution in [3.63, 3.8) is 0 Å². The molecule has 190 valence electrons. The number of anilines is 1. The molecule has 0 aliphatic carbocycles. The van der Waals surface area contributed by atoms with Crippen LogP contribution in [0.5, 0.6) is 0 Å². The number of amides is 4. The van der Waals surface area contributed by atoms with Gasteiger partial charge in [0.25, 0.3) is 5.91 Å². The minimum Gasteiger partial charge on any atom is -0.465 e. The summed E-state index contributed by atoms with van der Waals surface area (Å²) in [6.45, 7) is 7.79. The molecule has 2 fully saturated rings. The van der Waals surface area contributed by atoms with E-state index in [0.717, 1.165) is 24.9 Å². The van der Waals surface area contributed by atoms with Crippen LogP contribution in [0.2, 0.25) is 0 Å². The number of rotatable bonds is 6. The zero-order valence-corrected chi connectivity index (χ0v) is 20.8. The molecule has 10 heteroatoms. The maximum Gasteiger partial charge on any atom is 0.407 e. The normalized spacial score (nSPS) is 19.5. The highest BCUT2D eigenvalue weighted by Crippen LogP contribution is 2.25. The van der Waals surface area contributed by atoms with Crippen LogP contribution in [0.3, 0.4) is 0 Å². The number of carbonyl (C=O) groups excluding carboxylic acids is 2. The van der Waals surface area contributed by atoms with Gasteiger partial charge in [-0.3, -0.25) is 15.0 Å². The van der Waals surface area contributed by atoms with Gasteiger partial charge in [-0.05, 0) is 57.2 Å². The van der Waals surface area contributed by atoms with Crippen molar-refractivity contribution in [3.05, 3.63) is 59.5 Å². The first-order valence-corrected chi connectivity index (χ1v) is 12.1. The van der Waals surface area contributed by atoms with Crippen molar-refractivity contribution in [2.45, 2.75) is 45.7 Å². The zero-order chi connectivity index (χ0) is 25.9. The van der Waals surface area contributed by atoms with Gasteiger partial charge in [0.2, 0.25) is 5.95 Å². The van der Waals surface area contributed by atoms with E-state index >= 15 is 0 Å². The number of hydrogen-bond donors (Lipinski definition) is 2. The summed E-state index contributed by atoms with van der Waals surface area (Å²) < 4.78 is 0. The van der Waals surface area contributed by atoms with E-state index in [1.165, 1.54) is 9.80 Å². The Labute approximate surface area is 210 Å². The molecular formula is C26H32N6O4. The summed E-state index contributed by atoms with van der Waals surface area (Å²) in [6, 6.07) is 10.7. The number of nitrogens with zero attached hydrogens (tertiary/aromatic N) is 5. The van der Waals surface area contributed by atoms with E-state index in [1.54, 1.807) is 18.3 Å². The molecule has 0 radical (unpaired) electrons. The van der Waals surface area contributed by atoms with Crippen LogP contribution in [0.1, 0.15) is 44.9 Å². The van der Waals surface area contributed by atoms with Gasteiger partial charge in [0.1, 0.15) is 5.70 Å². The van der Waals surface area contributed by atoms with Gasteiger partial charge in [-0.25, -0.2) is 19.6 Å². The Kier molecular flexibility index (Phi) is 7.23. The molecule has 10 nitrogen and oxygen atoms in total. The number of carbonyl (C=O) groups is 3. The molecule has 1 aromatic heterocycles. The summed E-state index contributed by atoms with van der Waals surface area (Å²) in [4.78, 5) is 50.7. The number of imide groups is 1. The average Bonchev–Trinajstić information content (AvgIpc) is 3.09. The number of aromatic nitrogens is 2. The molecule has 2 aromatic rings. The largest absolute Gasteiger partial charge is 0.465 e. The standard InChI is InChI=1S/C26H32N6O4/c1-26(2,3)32(25(35)36)17-19-10-7-13-30(15-19)23-27-12-11-20(28-23)14-21-22(33)29-24(34)31(21)16-18-8-5-4-6-9-18/h4-6,8-9,11-12,14,19H,7,10,13,15-17H2,1-3H3,(H,35,36)(H,29,33,34). The summed E-state index contributed by atoms with van der Waals surface area (Å²) in [5, 5.41) is 12.0. The Bertz CT molecular complexity index is 1160. The topological polar surface area (TPSA) is 119 Å². The Morgan fingerprint density at radius 1 is 1.22 bits per heavy atom. The molecule has 1 aromatic carbocycles. The molecule has 4 amide bonds. The number of urea groups is 1. The molecule has 0 spiro atoms. The van der Waals surface area contributed by atoms with Gasteiger partial charge in [0.15, 0.2) is 0 Å². The molecule has 0 saturated carbocycles. The molecule has 3 heterocycles. The van der Waals surface area contributed by atoms with Crippen LogP contribution in [-0.4, -0.2) is 68.1 Å². The summed E-state index contributed by atoms with van der Waals surface area (Å²) >= 11 is 0. The second-order valence-corrected chi connectivity index (χ2v) is 10.2. The van der Waals surface area contributed by atoms with Crippen LogP contribution >= 0.6 is 0 Å². The van der Waals surface area contributed by atoms with Gasteiger partial charge in [0, 0.05) is 31.4 Å². The molecule has 2 aliphatic rings. The predicted molar refractivity (Wildman–Crippen MR) is 135 cm³/mol. The molecular weight excluding hydrogens is 460 g/mol. The van der Waals surface area contributed by atoms with Crippen LogP contribution in [0.4, 0.5) is 15.5 Å². The summed E-state index contributed by atoms with van der Waals surface area (Å²) in [7, 11) is 0. The van der Waals surface area contributed by atoms with Crippen molar-refractivity contribution in [2.24, 2.45) is 5.92 Å². The third kappa shape index (κ3) is 5.81. The first-order chi connectivity index (χ1) is 17.1. The van der Waals surface area contributed by atoms with E-state index in [2.05, 4.69) is 20.2 Å². The summed E-state index contributed by atoms with van der Waals surface area (Å²) in [6.07, 6.45) is 4.14. The van der Waals surface area contributed by atoms with Gasteiger partial charge < -0.3 is 14.9 Å². The lowest BCUT2D eigenvalue weighted by atomic mass is 9.95. The second-order valence-electron chi connectivity index (χ2n) is 10.2. The molecule has 4 rings (SSSR count). The fourth-order valence-corrected chi connectivity index (χ4v) is 4.55. The lowest BCUT2D eigenvalue weighted by Crippen LogP contribution is -2.50. The monoisotopic (exact) mass is 492 g/mol. The number of nitrogens with one attached hydrogen (secondary N) is 1. The SMILES string of the molecule is CC(C)(C)N(CC1CCCN(c2nccc(C=C3C(=O)NC(=O)N3Cc3ccccc3)n2)C1)C(=O)O. The van der Waals surface area contributed by atoms with Crippen molar-refractivity contribution in [1.29, 1.82) is 0 Å². The lowest BCUT2D eigenvalue weighted by molar-refractivity contribution is -0.116. The van der Waals surface area contributed by atoms with Crippen LogP contribution < -0.4 is 10.2 Å². The Morgan fingerprint density at radius 3 is 2.67 bits per heavy atom. The van der Waals surface area contributed by atoms with E-state index in [0.29, 0.717) is 24.7 Å². The molecule has 1 atom stereocenters. The maximum atomic E-state index is 12.5. The highest BCUT2D eigenvalue weighted by atomic mass is 16.4. The van der Waals surface area contributed by atoms with Crippen molar-refractivity contribution in [2.75, 3.05) is 24.5 Å². The number of hydrogen-bond acceptors (Lipinski definition) is 6. The third-order valence-electron chi connectivity index (χ3n) is 6.40. The average molecular weight is 493 g/mol. The van der Waals surface area contributed by atoms with E-state index in [-0.39, 0.29) is 18.2 Å². The minimum atomic E-state index is -0.922. The van der Waals surface area contributed by atoms with Gasteiger partial charge in [-0.15, -0.1) is 0 Å². The highest BCUT2D eigenvalue weighted by molar-refractivity contribution is 6.13. The minimum absolute atomic E-state index is 0.152. The second kappa shape index (κ2) is 10.3. The molecule has 0 bridgehead atoms. The van der Waals surface area contributed by atoms with Crippen molar-refractivity contribution in [1.82, 2.24) is 25.1 Å². The van der Waals surface area contributed by atoms with Crippen LogP contribution in [0.25, 0.3) is 6.08 Å². The smallest absolute Gasteiger partial charge is 0.407 e. The molecule has 2 N–H and O–H groups in total. The van der Waals surface area contributed by atoms with Crippen molar-refractivity contribution in [3.8, 4) is 0 Å². The van der Waals surface area contributed by atoms with E-state index in [9.17, 15) is 19.5 Å². The molecule has 1 unspecified atom stereocenters. The van der Waals surface area contributed by atoms with E-state index in [4.69, 9.17) is 0 Å². The Balaban J connectivity index is 1.52. The highest BCUT2D eigenvalue weighted by Gasteiger charge is 2.34. The van der Waals surface area contributed by atoms with Gasteiger partial charge in [0.05, 0.1) is 12.2 Å². The third-order valence-corrected chi connectivity index (χ3v) is 6.40. The van der Waals surface area contributed by atoms with E-state index < -0.39 is 23.6 Å². The van der Waals surface area contributed by atoms with Crippen LogP contribution in [0, 0.1) is 5.92 Å². The first kappa shape index (κ1) is 25.2. The fourth-order valence-electron chi connectivity index (χ4n) is 4.55. The fraction of sp³-hybridized carbons (Fsp3) is 0.423. The number of carboxylic acid groups (broad SMARTS) is 1. The summed E-state index contributed by atoms with van der Waals surface area (Å²) in [5.74, 6) is 0.204. The van der Waals surface area contributed by atoms with Gasteiger partial charge in [-0.1, -0.05) is 30.3 Å². The Morgan fingerprint density at radius 2 is 1.97 bits per heavy atom.